The number of aliphatic hydroxyl groups excluding tert-OH is 14. The summed E-state index contributed by atoms with van der Waals surface area (Å²) in [5, 5.41) is 152. The third-order valence-electron chi connectivity index (χ3n) is 12.8. The fourth-order valence-corrected chi connectivity index (χ4v) is 8.28. The van der Waals surface area contributed by atoms with Gasteiger partial charge in [-0.05, 0) is 37.1 Å². The summed E-state index contributed by atoms with van der Waals surface area (Å²) >= 11 is 0. The molecular formula is C50H74N4O28. The molecule has 4 saturated heterocycles. The number of nitrogens with one attached hydrogen (secondary N) is 4. The van der Waals surface area contributed by atoms with E-state index in [4.69, 9.17) is 47.4 Å². The van der Waals surface area contributed by atoms with E-state index >= 15 is 0 Å². The van der Waals surface area contributed by atoms with Crippen LogP contribution in [0.4, 0.5) is 0 Å². The predicted octanol–water partition coefficient (Wildman–Crippen LogP) is -11.1. The fourth-order valence-electron chi connectivity index (χ4n) is 8.28. The lowest BCUT2D eigenvalue weighted by Crippen LogP contribution is -2.64. The van der Waals surface area contributed by atoms with Gasteiger partial charge >= 0.3 is 0 Å². The Morgan fingerprint density at radius 3 is 1.07 bits per heavy atom. The van der Waals surface area contributed by atoms with E-state index in [1.54, 1.807) is 24.3 Å². The Bertz CT molecular complexity index is 2090. The van der Waals surface area contributed by atoms with Gasteiger partial charge in [0.25, 0.3) is 0 Å². The first-order valence-corrected chi connectivity index (χ1v) is 26.0. The van der Waals surface area contributed by atoms with Gasteiger partial charge in [-0.3, -0.25) is 19.2 Å². The maximum Gasteiger partial charge on any atom is 0.246 e. The molecule has 0 aliphatic carbocycles. The van der Waals surface area contributed by atoms with E-state index in [1.807, 2.05) is 0 Å². The van der Waals surface area contributed by atoms with Gasteiger partial charge in [-0.1, -0.05) is 23.7 Å². The van der Waals surface area contributed by atoms with E-state index in [-0.39, 0.29) is 52.2 Å². The van der Waals surface area contributed by atoms with Gasteiger partial charge in [0.15, 0.2) is 25.2 Å². The summed E-state index contributed by atoms with van der Waals surface area (Å²) in [6.07, 6.45) is -31.4. The summed E-state index contributed by atoms with van der Waals surface area (Å²) < 4.78 is 53.9. The highest BCUT2D eigenvalue weighted by molar-refractivity contribution is 5.80. The molecule has 0 radical (unpaired) electrons. The second kappa shape index (κ2) is 34.9. The minimum atomic E-state index is -1.81. The van der Waals surface area contributed by atoms with E-state index in [9.17, 15) is 90.7 Å². The van der Waals surface area contributed by atoms with Gasteiger partial charge in [-0.15, -0.1) is 0 Å². The third kappa shape index (κ3) is 20.2. The van der Waals surface area contributed by atoms with Gasteiger partial charge in [0.2, 0.25) is 23.6 Å². The molecule has 5 rings (SSSR count). The summed E-state index contributed by atoms with van der Waals surface area (Å²) in [5.41, 5.74) is 1.24. The Kier molecular flexibility index (Phi) is 29.0. The molecule has 32 nitrogen and oxygen atoms in total. The molecule has 4 amide bonds. The topological polar surface area (TPSA) is 492 Å². The lowest BCUT2D eigenvalue weighted by atomic mass is 9.97. The molecular weight excluding hydrogens is 1100 g/mol. The van der Waals surface area contributed by atoms with Crippen LogP contribution in [-0.4, -0.2) is 310 Å². The molecule has 1 aromatic carbocycles. The molecule has 4 heterocycles. The number of amides is 4. The molecule has 4 aliphatic heterocycles. The zero-order valence-electron chi connectivity index (χ0n) is 44.1. The van der Waals surface area contributed by atoms with Gasteiger partial charge in [-0.2, -0.15) is 0 Å². The van der Waals surface area contributed by atoms with Crippen LogP contribution in [-0.2, 0) is 66.5 Å². The number of benzene rings is 1. The lowest BCUT2D eigenvalue weighted by molar-refractivity contribution is -0.359. The van der Waals surface area contributed by atoms with Gasteiger partial charge in [0.1, 0.15) is 124 Å². The average molecular weight is 1180 g/mol. The van der Waals surface area contributed by atoms with E-state index < -0.39 is 199 Å². The maximum absolute atomic E-state index is 12.2. The Hall–Kier alpha value is -4.74. The first kappa shape index (κ1) is 68.0. The minimum Gasteiger partial charge on any atom is -0.394 e. The molecule has 18 N–H and O–H groups in total. The molecule has 20 atom stereocenters. The van der Waals surface area contributed by atoms with E-state index in [0.717, 1.165) is 0 Å². The number of hydrogen-bond donors (Lipinski definition) is 18. The molecule has 0 spiro atoms. The van der Waals surface area contributed by atoms with Crippen molar-refractivity contribution in [3.05, 3.63) is 35.4 Å². The van der Waals surface area contributed by atoms with Crippen LogP contribution < -0.4 is 21.3 Å². The number of carbonyl (C=O) groups excluding carboxylic acids is 4. The highest BCUT2D eigenvalue weighted by atomic mass is 16.8. The van der Waals surface area contributed by atoms with Crippen LogP contribution in [0.1, 0.15) is 24.0 Å². The molecule has 4 fully saturated rings. The quantitative estimate of drug-likeness (QED) is 0.0274. The molecule has 4 aliphatic rings. The van der Waals surface area contributed by atoms with Crippen molar-refractivity contribution < 1.29 is 138 Å². The van der Waals surface area contributed by atoms with E-state index in [1.165, 1.54) is 0 Å². The molecule has 0 saturated carbocycles. The smallest absolute Gasteiger partial charge is 0.246 e. The van der Waals surface area contributed by atoms with Crippen LogP contribution in [0.15, 0.2) is 24.3 Å². The van der Waals surface area contributed by atoms with Crippen molar-refractivity contribution in [2.45, 2.75) is 136 Å². The Morgan fingerprint density at radius 2 is 0.732 bits per heavy atom. The van der Waals surface area contributed by atoms with Crippen molar-refractivity contribution in [3.63, 3.8) is 0 Å². The molecule has 0 bridgehead atoms. The molecule has 0 unspecified atom stereocenters. The number of ether oxygens (including phenoxy) is 10. The Balaban J connectivity index is 0.850. The van der Waals surface area contributed by atoms with Gasteiger partial charge < -0.3 is 140 Å². The first-order valence-electron chi connectivity index (χ1n) is 26.0. The van der Waals surface area contributed by atoms with Crippen LogP contribution in [0.25, 0.3) is 0 Å². The summed E-state index contributed by atoms with van der Waals surface area (Å²) in [5.74, 6) is 9.19. The van der Waals surface area contributed by atoms with E-state index in [2.05, 4.69) is 44.9 Å². The summed E-state index contributed by atoms with van der Waals surface area (Å²) in [7, 11) is 0. The largest absolute Gasteiger partial charge is 0.394 e. The second-order valence-electron chi connectivity index (χ2n) is 18.9. The molecule has 462 valence electrons. The monoisotopic (exact) mass is 1180 g/mol. The zero-order valence-corrected chi connectivity index (χ0v) is 44.1. The van der Waals surface area contributed by atoms with Crippen molar-refractivity contribution in [2.24, 2.45) is 0 Å². The fraction of sp³-hybridized carbons (Fsp3) is 0.720. The van der Waals surface area contributed by atoms with Gasteiger partial charge in [0.05, 0.1) is 52.7 Å². The standard InChI is InChI=1S/C50H74N4O28/c55-17-27-35(63)37(65)41(69)49(77-27)81-45-29(19-57)79-47(43(71)39(45)67)75-15-3-13-53-33(61)23-73-21-31(59)51-11-1-5-25-7-9-26(10-8-25)6-2-12-52-32(60)22-74-24-34(62)54-14-4-16-76-48-44(72)40(68)46(30(20-58)80-48)82-50-42(70)38(66)36(64)28(18-56)78-50/h7-10,27-30,35-50,55-58,63-72H,3-4,11-24H2,(H,51,59)(H,52,60)(H,53,61)(H,54,62)/t27-,28-,29-,30-,35+,36+,37+,38+,39-,40-,41-,42-,43-,44-,45+,46+,47-,48-,49-,50-/m1/s1. The van der Waals surface area contributed by atoms with E-state index in [0.29, 0.717) is 11.1 Å². The van der Waals surface area contributed by atoms with Gasteiger partial charge in [0, 0.05) is 24.2 Å². The lowest BCUT2D eigenvalue weighted by Gasteiger charge is -2.45. The summed E-state index contributed by atoms with van der Waals surface area (Å²) in [4.78, 5) is 48.7. The summed E-state index contributed by atoms with van der Waals surface area (Å²) in [6.45, 7) is -4.71. The molecule has 0 aromatic heterocycles. The highest BCUT2D eigenvalue weighted by Gasteiger charge is 2.52. The number of hydrogen-bond acceptors (Lipinski definition) is 28. The van der Waals surface area contributed by atoms with Crippen LogP contribution in [0.3, 0.4) is 0 Å². The third-order valence-corrected chi connectivity index (χ3v) is 12.8. The van der Waals surface area contributed by atoms with Crippen LogP contribution in [0, 0.1) is 23.7 Å². The average Bonchev–Trinajstić information content (AvgIpc) is 3.64. The zero-order chi connectivity index (χ0) is 59.9. The van der Waals surface area contributed by atoms with Crippen molar-refractivity contribution in [3.8, 4) is 23.7 Å². The Morgan fingerprint density at radius 1 is 0.415 bits per heavy atom. The first-order chi connectivity index (χ1) is 39.3. The predicted molar refractivity (Wildman–Crippen MR) is 268 cm³/mol. The maximum atomic E-state index is 12.2. The number of rotatable bonds is 28. The number of carbonyl (C=O) groups is 4. The van der Waals surface area contributed by atoms with Crippen LogP contribution >= 0.6 is 0 Å². The van der Waals surface area contributed by atoms with Crippen LogP contribution in [0.5, 0.6) is 0 Å². The van der Waals surface area contributed by atoms with Crippen molar-refractivity contribution in [1.82, 2.24) is 21.3 Å². The SMILES string of the molecule is O=C(COCC(=O)NCCCO[C@@H]1O[C@H](CO)[C@H](O[C@H]2O[C@H](CO)[C@H](O)[C@H](O)[C@H]2O)[C@H](O)[C@H]1O)NCC#Cc1ccc(C#CCNC(=O)COCC(=O)NCCCO[C@@H]2O[C@H](CO)[C@H](O[C@H]3O[C@H](CO)[C@H](O)[C@H](O)[C@H]3O)[C@H](O)[C@H]2O)cc1. The minimum absolute atomic E-state index is 0.0195. The molecule has 32 heteroatoms. The number of aliphatic hydroxyl groups is 14. The molecule has 1 aromatic rings. The normalized spacial score (nSPS) is 33.6. The van der Waals surface area contributed by atoms with Crippen LogP contribution in [0.2, 0.25) is 0 Å². The van der Waals surface area contributed by atoms with Gasteiger partial charge in [-0.25, -0.2) is 0 Å². The highest BCUT2D eigenvalue weighted by Crippen LogP contribution is 2.31. The van der Waals surface area contributed by atoms with Crippen molar-refractivity contribution in [1.29, 1.82) is 0 Å². The van der Waals surface area contributed by atoms with Crippen molar-refractivity contribution >= 4 is 23.6 Å². The van der Waals surface area contributed by atoms with Crippen molar-refractivity contribution in [2.75, 3.05) is 92.2 Å². The Labute approximate surface area is 469 Å². The summed E-state index contributed by atoms with van der Waals surface area (Å²) in [6, 6.07) is 6.80. The second-order valence-corrected chi connectivity index (χ2v) is 18.9. The molecule has 82 heavy (non-hydrogen) atoms.